The van der Waals surface area contributed by atoms with Crippen LogP contribution in [-0.2, 0) is 25.5 Å². The van der Waals surface area contributed by atoms with Crippen LogP contribution in [-0.4, -0.2) is 47.2 Å². The smallest absolute Gasteiger partial charge is 0.355 e. The third-order valence-electron chi connectivity index (χ3n) is 6.95. The molecule has 2 heterocycles. The number of methoxy groups -OCH3 is 2. The number of ether oxygens (including phenoxy) is 2. The molecule has 11 nitrogen and oxygen atoms in total. The van der Waals surface area contributed by atoms with Gasteiger partial charge in [0.1, 0.15) is 17.3 Å². The van der Waals surface area contributed by atoms with Crippen LogP contribution in [0.15, 0.2) is 95.5 Å². The summed E-state index contributed by atoms with van der Waals surface area (Å²) >= 11 is 0. The summed E-state index contributed by atoms with van der Waals surface area (Å²) in [4.78, 5) is 46.7. The first-order chi connectivity index (χ1) is 20.3. The van der Waals surface area contributed by atoms with E-state index in [0.29, 0.717) is 34.5 Å². The van der Waals surface area contributed by atoms with Gasteiger partial charge in [0.25, 0.3) is 0 Å². The topological polar surface area (TPSA) is 172 Å². The zero-order valence-electron chi connectivity index (χ0n) is 22.6. The number of benzene rings is 3. The van der Waals surface area contributed by atoms with Crippen molar-refractivity contribution in [1.82, 2.24) is 9.97 Å². The number of nitrogens with one attached hydrogen (secondary N) is 1. The monoisotopic (exact) mass is 563 g/mol. The summed E-state index contributed by atoms with van der Waals surface area (Å²) in [6.45, 7) is 0. The SMILES string of the molecule is COC(=O)C1=C(C(=O)OC)N(c2ccc(Cc3nc4ccc(C(=O)O)cc4[nH]3)cc2)C(N)=C(C#N)C1c1ccccc1. The predicted molar refractivity (Wildman–Crippen MR) is 152 cm³/mol. The summed E-state index contributed by atoms with van der Waals surface area (Å²) in [6, 6.07) is 22.5. The molecule has 0 saturated carbocycles. The molecule has 3 aromatic carbocycles. The molecule has 1 aliphatic rings. The van der Waals surface area contributed by atoms with Crippen LogP contribution in [0.2, 0.25) is 0 Å². The average molecular weight is 564 g/mol. The number of carbonyl (C=O) groups is 3. The van der Waals surface area contributed by atoms with Gasteiger partial charge < -0.3 is 25.3 Å². The minimum Gasteiger partial charge on any atom is -0.478 e. The number of aromatic nitrogens is 2. The molecule has 42 heavy (non-hydrogen) atoms. The largest absolute Gasteiger partial charge is 0.478 e. The van der Waals surface area contributed by atoms with E-state index in [0.717, 1.165) is 5.56 Å². The fourth-order valence-corrected chi connectivity index (χ4v) is 5.02. The number of anilines is 1. The third-order valence-corrected chi connectivity index (χ3v) is 6.95. The molecule has 1 atom stereocenters. The first-order valence-electron chi connectivity index (χ1n) is 12.7. The first-order valence-corrected chi connectivity index (χ1v) is 12.7. The summed E-state index contributed by atoms with van der Waals surface area (Å²) < 4.78 is 10.1. The second-order valence-corrected chi connectivity index (χ2v) is 9.40. The number of hydrogen-bond acceptors (Lipinski definition) is 9. The molecular formula is C31H25N5O6. The first kappa shape index (κ1) is 27.7. The molecule has 11 heteroatoms. The number of nitrogens with zero attached hydrogens (tertiary/aromatic N) is 3. The number of aromatic carboxylic acids is 1. The standard InChI is InChI=1S/C31H25N5O6/c1-41-30(39)26-25(18-6-4-3-5-7-18)21(16-32)28(33)36(27(26)31(40)42-2)20-11-8-17(9-12-20)14-24-34-22-13-10-19(29(37)38)15-23(22)35-24/h3-13,15,25H,14,33H2,1-2H3,(H,34,35)(H,37,38). The van der Waals surface area contributed by atoms with Crippen molar-refractivity contribution in [2.45, 2.75) is 12.3 Å². The van der Waals surface area contributed by atoms with Gasteiger partial charge in [-0.05, 0) is 41.5 Å². The fourth-order valence-electron chi connectivity index (χ4n) is 5.02. The van der Waals surface area contributed by atoms with Gasteiger partial charge in [-0.3, -0.25) is 4.90 Å². The van der Waals surface area contributed by atoms with E-state index in [-0.39, 0.29) is 28.2 Å². The third kappa shape index (κ3) is 4.93. The molecule has 4 aromatic rings. The minimum absolute atomic E-state index is 0.0290. The van der Waals surface area contributed by atoms with Gasteiger partial charge in [-0.15, -0.1) is 0 Å². The number of esters is 2. The number of carbonyl (C=O) groups excluding carboxylic acids is 2. The molecule has 1 unspecified atom stereocenters. The molecule has 210 valence electrons. The predicted octanol–water partition coefficient (Wildman–Crippen LogP) is 3.75. The molecule has 0 spiro atoms. The molecule has 0 bridgehead atoms. The molecule has 0 saturated heterocycles. The number of nitrogens with two attached hydrogens (primary N) is 1. The van der Waals surface area contributed by atoms with Crippen molar-refractivity contribution in [3.05, 3.63) is 118 Å². The van der Waals surface area contributed by atoms with Crippen LogP contribution in [0.1, 0.15) is 33.2 Å². The van der Waals surface area contributed by atoms with Crippen molar-refractivity contribution in [3.63, 3.8) is 0 Å². The van der Waals surface area contributed by atoms with Gasteiger partial charge in [-0.25, -0.2) is 19.4 Å². The van der Waals surface area contributed by atoms with E-state index in [1.807, 2.05) is 0 Å². The number of H-pyrrole nitrogens is 1. The number of carboxylic acid groups (broad SMARTS) is 1. The Kier molecular flexibility index (Phi) is 7.45. The Balaban J connectivity index is 1.56. The van der Waals surface area contributed by atoms with Crippen molar-refractivity contribution in [3.8, 4) is 6.07 Å². The minimum atomic E-state index is -1.03. The highest BCUT2D eigenvalue weighted by molar-refractivity contribution is 6.06. The van der Waals surface area contributed by atoms with Crippen LogP contribution >= 0.6 is 0 Å². The summed E-state index contributed by atoms with van der Waals surface area (Å²) in [5.41, 5.74) is 9.61. The van der Waals surface area contributed by atoms with Gasteiger partial charge in [0, 0.05) is 12.1 Å². The molecule has 0 aliphatic carbocycles. The molecule has 5 rings (SSSR count). The van der Waals surface area contributed by atoms with Gasteiger partial charge in [0.05, 0.1) is 53.9 Å². The van der Waals surface area contributed by atoms with Crippen LogP contribution in [0, 0.1) is 11.3 Å². The normalized spacial score (nSPS) is 15.0. The van der Waals surface area contributed by atoms with Crippen LogP contribution in [0.3, 0.4) is 0 Å². The zero-order valence-corrected chi connectivity index (χ0v) is 22.6. The highest BCUT2D eigenvalue weighted by atomic mass is 16.5. The highest BCUT2D eigenvalue weighted by Crippen LogP contribution is 2.43. The maximum Gasteiger partial charge on any atom is 0.355 e. The molecule has 1 aliphatic heterocycles. The number of nitriles is 1. The molecule has 0 radical (unpaired) electrons. The van der Waals surface area contributed by atoms with Gasteiger partial charge in [0.15, 0.2) is 0 Å². The average Bonchev–Trinajstić information content (AvgIpc) is 3.42. The quantitative estimate of drug-likeness (QED) is 0.281. The van der Waals surface area contributed by atoms with Crippen LogP contribution in [0.25, 0.3) is 11.0 Å². The maximum atomic E-state index is 13.2. The second kappa shape index (κ2) is 11.3. The van der Waals surface area contributed by atoms with E-state index in [4.69, 9.17) is 15.2 Å². The Hall–Kier alpha value is -5.89. The van der Waals surface area contributed by atoms with E-state index in [2.05, 4.69) is 16.0 Å². The van der Waals surface area contributed by atoms with Crippen molar-refractivity contribution in [2.75, 3.05) is 19.1 Å². The lowest BCUT2D eigenvalue weighted by molar-refractivity contribution is -0.139. The van der Waals surface area contributed by atoms with E-state index in [1.165, 1.54) is 31.3 Å². The highest BCUT2D eigenvalue weighted by Gasteiger charge is 2.42. The Morgan fingerprint density at radius 3 is 2.33 bits per heavy atom. The summed E-state index contributed by atoms with van der Waals surface area (Å²) in [7, 11) is 2.38. The van der Waals surface area contributed by atoms with Gasteiger partial charge in [-0.2, -0.15) is 5.26 Å². The fraction of sp³-hybridized carbons (Fsp3) is 0.129. The summed E-state index contributed by atoms with van der Waals surface area (Å²) in [5, 5.41) is 19.4. The maximum absolute atomic E-state index is 13.2. The van der Waals surface area contributed by atoms with Crippen molar-refractivity contribution >= 4 is 34.6 Å². The summed E-state index contributed by atoms with van der Waals surface area (Å²) in [6.07, 6.45) is 0.398. The zero-order chi connectivity index (χ0) is 30.0. The molecule has 1 aromatic heterocycles. The number of hydrogen-bond donors (Lipinski definition) is 3. The number of imidazole rings is 1. The Bertz CT molecular complexity index is 1820. The number of allylic oxidation sites excluding steroid dienone is 1. The lowest BCUT2D eigenvalue weighted by Crippen LogP contribution is -2.40. The lowest BCUT2D eigenvalue weighted by Gasteiger charge is -2.35. The van der Waals surface area contributed by atoms with Gasteiger partial charge >= 0.3 is 17.9 Å². The number of aromatic amines is 1. The van der Waals surface area contributed by atoms with Crippen LogP contribution in [0.4, 0.5) is 5.69 Å². The van der Waals surface area contributed by atoms with Crippen LogP contribution < -0.4 is 10.6 Å². The number of rotatable bonds is 7. The van der Waals surface area contributed by atoms with E-state index >= 15 is 0 Å². The Morgan fingerprint density at radius 1 is 1.02 bits per heavy atom. The van der Waals surface area contributed by atoms with E-state index < -0.39 is 23.8 Å². The number of fused-ring (bicyclic) bond motifs is 1. The van der Waals surface area contributed by atoms with Gasteiger partial charge in [-0.1, -0.05) is 42.5 Å². The molecule has 0 amide bonds. The molecular weight excluding hydrogens is 538 g/mol. The Morgan fingerprint density at radius 2 is 1.71 bits per heavy atom. The van der Waals surface area contributed by atoms with Crippen molar-refractivity contribution in [1.29, 1.82) is 5.26 Å². The molecule has 0 fully saturated rings. The second-order valence-electron chi connectivity index (χ2n) is 9.40. The molecule has 4 N–H and O–H groups in total. The lowest BCUT2D eigenvalue weighted by atomic mass is 9.81. The van der Waals surface area contributed by atoms with Crippen molar-refractivity contribution < 1.29 is 29.0 Å². The Labute approximate surface area is 240 Å². The summed E-state index contributed by atoms with van der Waals surface area (Å²) in [5.74, 6) is -3.02. The van der Waals surface area contributed by atoms with Crippen molar-refractivity contribution in [2.24, 2.45) is 5.73 Å². The van der Waals surface area contributed by atoms with Crippen LogP contribution in [0.5, 0.6) is 0 Å². The number of carboxylic acids is 1. The van der Waals surface area contributed by atoms with E-state index in [9.17, 15) is 24.8 Å². The van der Waals surface area contributed by atoms with Gasteiger partial charge in [0.2, 0.25) is 0 Å². The van der Waals surface area contributed by atoms with E-state index in [1.54, 1.807) is 60.7 Å².